The Labute approximate surface area is 162 Å². The van der Waals surface area contributed by atoms with E-state index < -0.39 is 0 Å². The number of thiophene rings is 1. The van der Waals surface area contributed by atoms with Gasteiger partial charge in [0.1, 0.15) is 0 Å². The quantitative estimate of drug-likeness (QED) is 0.883. The van der Waals surface area contributed by atoms with Gasteiger partial charge >= 0.3 is 0 Å². The maximum absolute atomic E-state index is 12.9. The summed E-state index contributed by atoms with van der Waals surface area (Å²) in [5.41, 5.74) is 2.81. The van der Waals surface area contributed by atoms with Crippen LogP contribution in [0.1, 0.15) is 39.6 Å². The summed E-state index contributed by atoms with van der Waals surface area (Å²) >= 11 is 1.50. The molecule has 0 saturated carbocycles. The zero-order valence-electron chi connectivity index (χ0n) is 15.5. The van der Waals surface area contributed by atoms with Gasteiger partial charge in [-0.2, -0.15) is 11.3 Å². The topological polar surface area (TPSA) is 69.7 Å². The van der Waals surface area contributed by atoms with Crippen molar-refractivity contribution >= 4 is 34.7 Å². The number of carbonyl (C=O) groups is 3. The zero-order chi connectivity index (χ0) is 19.4. The first-order valence-electron chi connectivity index (χ1n) is 8.94. The van der Waals surface area contributed by atoms with E-state index in [1.807, 2.05) is 34.7 Å². The van der Waals surface area contributed by atoms with Crippen molar-refractivity contribution in [2.75, 3.05) is 31.5 Å². The summed E-state index contributed by atoms with van der Waals surface area (Å²) in [4.78, 5) is 40.4. The highest BCUT2D eigenvalue weighted by Crippen LogP contribution is 2.19. The Morgan fingerprint density at radius 3 is 2.22 bits per heavy atom. The minimum Gasteiger partial charge on any atom is -0.337 e. The molecule has 142 valence electrons. The predicted octanol–water partition coefficient (Wildman–Crippen LogP) is 3.00. The van der Waals surface area contributed by atoms with E-state index in [1.54, 1.807) is 17.0 Å². The van der Waals surface area contributed by atoms with Gasteiger partial charge in [-0.1, -0.05) is 6.07 Å². The van der Waals surface area contributed by atoms with Gasteiger partial charge in [0.15, 0.2) is 0 Å². The van der Waals surface area contributed by atoms with Crippen LogP contribution in [0.25, 0.3) is 0 Å². The molecule has 1 N–H and O–H groups in total. The summed E-state index contributed by atoms with van der Waals surface area (Å²) in [7, 11) is 0. The molecular weight excluding hydrogens is 362 g/mol. The third-order valence-corrected chi connectivity index (χ3v) is 5.32. The van der Waals surface area contributed by atoms with Crippen LogP contribution in [-0.2, 0) is 4.79 Å². The van der Waals surface area contributed by atoms with Gasteiger partial charge < -0.3 is 15.1 Å². The average Bonchev–Trinajstić information content (AvgIpc) is 3.06. The van der Waals surface area contributed by atoms with E-state index in [0.717, 1.165) is 12.0 Å². The molecule has 1 aliphatic heterocycles. The van der Waals surface area contributed by atoms with Crippen molar-refractivity contribution in [3.05, 3.63) is 51.7 Å². The number of amides is 3. The van der Waals surface area contributed by atoms with Crippen LogP contribution in [0.5, 0.6) is 0 Å². The van der Waals surface area contributed by atoms with Crippen molar-refractivity contribution < 1.29 is 14.4 Å². The van der Waals surface area contributed by atoms with Crippen LogP contribution < -0.4 is 5.32 Å². The molecule has 3 rings (SSSR count). The molecule has 1 aliphatic rings. The third-order valence-electron chi connectivity index (χ3n) is 4.63. The smallest absolute Gasteiger partial charge is 0.254 e. The Kier molecular flexibility index (Phi) is 5.91. The van der Waals surface area contributed by atoms with Gasteiger partial charge in [0, 0.05) is 49.7 Å². The molecule has 1 fully saturated rings. The standard InChI is InChI=1S/C20H23N3O3S/c1-14-4-5-16(12-18(14)21-15(2)24)19(25)22-7-3-8-23(10-9-22)20(26)17-6-11-27-13-17/h4-6,11-13H,3,7-10H2,1-2H3,(H,21,24). The molecule has 1 aromatic heterocycles. The van der Waals surface area contributed by atoms with Crippen molar-refractivity contribution in [3.63, 3.8) is 0 Å². The molecule has 0 aliphatic carbocycles. The second-order valence-electron chi connectivity index (χ2n) is 6.66. The average molecular weight is 385 g/mol. The van der Waals surface area contributed by atoms with E-state index in [4.69, 9.17) is 0 Å². The third kappa shape index (κ3) is 4.54. The molecule has 1 saturated heterocycles. The van der Waals surface area contributed by atoms with Crippen molar-refractivity contribution in [3.8, 4) is 0 Å². The lowest BCUT2D eigenvalue weighted by atomic mass is 10.1. The lowest BCUT2D eigenvalue weighted by molar-refractivity contribution is -0.114. The number of hydrogen-bond acceptors (Lipinski definition) is 4. The highest BCUT2D eigenvalue weighted by atomic mass is 32.1. The number of benzene rings is 1. The summed E-state index contributed by atoms with van der Waals surface area (Å²) in [6.07, 6.45) is 0.742. The number of nitrogens with zero attached hydrogens (tertiary/aromatic N) is 2. The lowest BCUT2D eigenvalue weighted by Crippen LogP contribution is -2.37. The fraction of sp³-hybridized carbons (Fsp3) is 0.350. The minimum absolute atomic E-state index is 0.0221. The van der Waals surface area contributed by atoms with Gasteiger partial charge in [-0.25, -0.2) is 0 Å². The monoisotopic (exact) mass is 385 g/mol. The molecule has 1 aromatic carbocycles. The fourth-order valence-electron chi connectivity index (χ4n) is 3.15. The zero-order valence-corrected chi connectivity index (χ0v) is 16.3. The van der Waals surface area contributed by atoms with E-state index in [9.17, 15) is 14.4 Å². The SMILES string of the molecule is CC(=O)Nc1cc(C(=O)N2CCCN(C(=O)c3ccsc3)CC2)ccc1C. The first-order chi connectivity index (χ1) is 13.0. The maximum Gasteiger partial charge on any atom is 0.254 e. The van der Waals surface area contributed by atoms with Crippen LogP contribution in [-0.4, -0.2) is 53.7 Å². The molecule has 2 aromatic rings. The maximum atomic E-state index is 12.9. The molecule has 2 heterocycles. The second-order valence-corrected chi connectivity index (χ2v) is 7.44. The number of carbonyl (C=O) groups excluding carboxylic acids is 3. The van der Waals surface area contributed by atoms with E-state index in [2.05, 4.69) is 5.32 Å². The van der Waals surface area contributed by atoms with Crippen LogP contribution in [0.15, 0.2) is 35.0 Å². The Morgan fingerprint density at radius 1 is 0.963 bits per heavy atom. The highest BCUT2D eigenvalue weighted by molar-refractivity contribution is 7.08. The number of rotatable bonds is 3. The number of nitrogens with one attached hydrogen (secondary N) is 1. The van der Waals surface area contributed by atoms with E-state index in [1.165, 1.54) is 18.3 Å². The minimum atomic E-state index is -0.167. The molecule has 6 nitrogen and oxygen atoms in total. The first-order valence-corrected chi connectivity index (χ1v) is 9.89. The summed E-state index contributed by atoms with van der Waals surface area (Å²) in [6, 6.07) is 7.17. The Morgan fingerprint density at radius 2 is 1.63 bits per heavy atom. The van der Waals surface area contributed by atoms with E-state index in [-0.39, 0.29) is 17.7 Å². The van der Waals surface area contributed by atoms with Gasteiger partial charge in [-0.3, -0.25) is 14.4 Å². The van der Waals surface area contributed by atoms with Crippen LogP contribution in [0, 0.1) is 6.92 Å². The summed E-state index contributed by atoms with van der Waals surface area (Å²) in [5, 5.41) is 6.51. The largest absolute Gasteiger partial charge is 0.337 e. The molecule has 0 radical (unpaired) electrons. The van der Waals surface area contributed by atoms with Gasteiger partial charge in [0.25, 0.3) is 11.8 Å². The van der Waals surface area contributed by atoms with Gasteiger partial charge in [0.2, 0.25) is 5.91 Å². The van der Waals surface area contributed by atoms with Crippen LogP contribution in [0.4, 0.5) is 5.69 Å². The van der Waals surface area contributed by atoms with Crippen LogP contribution in [0.2, 0.25) is 0 Å². The van der Waals surface area contributed by atoms with E-state index in [0.29, 0.717) is 43.0 Å². The Hall–Kier alpha value is -2.67. The molecular formula is C20H23N3O3S. The second kappa shape index (κ2) is 8.35. The number of anilines is 1. The van der Waals surface area contributed by atoms with Gasteiger partial charge in [-0.15, -0.1) is 0 Å². The molecule has 0 spiro atoms. The molecule has 27 heavy (non-hydrogen) atoms. The van der Waals surface area contributed by atoms with Crippen molar-refractivity contribution in [1.29, 1.82) is 0 Å². The molecule has 7 heteroatoms. The number of aryl methyl sites for hydroxylation is 1. The van der Waals surface area contributed by atoms with Crippen molar-refractivity contribution in [2.24, 2.45) is 0 Å². The lowest BCUT2D eigenvalue weighted by Gasteiger charge is -2.22. The predicted molar refractivity (Wildman–Crippen MR) is 106 cm³/mol. The van der Waals surface area contributed by atoms with E-state index >= 15 is 0 Å². The fourth-order valence-corrected chi connectivity index (χ4v) is 3.78. The Bertz CT molecular complexity index is 848. The molecule has 0 unspecified atom stereocenters. The van der Waals surface area contributed by atoms with Crippen molar-refractivity contribution in [1.82, 2.24) is 9.80 Å². The van der Waals surface area contributed by atoms with Gasteiger partial charge in [0.05, 0.1) is 5.56 Å². The molecule has 0 atom stereocenters. The highest BCUT2D eigenvalue weighted by Gasteiger charge is 2.24. The Balaban J connectivity index is 1.69. The normalized spacial score (nSPS) is 14.6. The van der Waals surface area contributed by atoms with Gasteiger partial charge in [-0.05, 0) is 42.5 Å². The summed E-state index contributed by atoms with van der Waals surface area (Å²) in [5.74, 6) is -0.222. The number of hydrogen-bond donors (Lipinski definition) is 1. The van der Waals surface area contributed by atoms with Crippen molar-refractivity contribution in [2.45, 2.75) is 20.3 Å². The first kappa shape index (κ1) is 19.1. The summed E-state index contributed by atoms with van der Waals surface area (Å²) < 4.78 is 0. The molecule has 0 bridgehead atoms. The summed E-state index contributed by atoms with van der Waals surface area (Å²) in [6.45, 7) is 5.60. The van der Waals surface area contributed by atoms with Crippen LogP contribution in [0.3, 0.4) is 0 Å². The molecule has 3 amide bonds. The van der Waals surface area contributed by atoms with Crippen LogP contribution >= 0.6 is 11.3 Å².